The van der Waals surface area contributed by atoms with Crippen molar-refractivity contribution in [3.05, 3.63) is 33.9 Å². The summed E-state index contributed by atoms with van der Waals surface area (Å²) in [7, 11) is 0. The van der Waals surface area contributed by atoms with Gasteiger partial charge in [0.1, 0.15) is 0 Å². The van der Waals surface area contributed by atoms with Crippen LogP contribution in [0.1, 0.15) is 30.1 Å². The Labute approximate surface area is 127 Å². The number of hydrogen-bond acceptors (Lipinski definition) is 4. The van der Waals surface area contributed by atoms with Crippen molar-refractivity contribution in [3.8, 4) is 5.75 Å². The summed E-state index contributed by atoms with van der Waals surface area (Å²) >= 11 is 5.87. The number of rotatable bonds is 7. The van der Waals surface area contributed by atoms with Crippen molar-refractivity contribution < 1.29 is 14.5 Å². The lowest BCUT2D eigenvalue weighted by Gasteiger charge is -2.14. The molecule has 1 aromatic carbocycles. The number of carbonyl (C=O) groups excluding carboxylic acids is 1. The molecule has 0 heterocycles. The van der Waals surface area contributed by atoms with Gasteiger partial charge in [-0.05, 0) is 25.8 Å². The van der Waals surface area contributed by atoms with E-state index in [0.717, 1.165) is 12.8 Å². The van der Waals surface area contributed by atoms with Crippen LogP contribution in [0.3, 0.4) is 0 Å². The van der Waals surface area contributed by atoms with Crippen molar-refractivity contribution in [2.75, 3.05) is 19.0 Å². The molecular formula is C14H17ClN2O4. The summed E-state index contributed by atoms with van der Waals surface area (Å²) in [5, 5.41) is 13.8. The first kappa shape index (κ1) is 15.6. The van der Waals surface area contributed by atoms with Crippen LogP contribution in [0, 0.1) is 15.5 Å². The molecule has 0 bridgehead atoms. The average molecular weight is 313 g/mol. The van der Waals surface area contributed by atoms with Crippen LogP contribution in [0.2, 0.25) is 0 Å². The van der Waals surface area contributed by atoms with Gasteiger partial charge in [0.2, 0.25) is 5.75 Å². The lowest BCUT2D eigenvalue weighted by atomic mass is 10.1. The van der Waals surface area contributed by atoms with Crippen LogP contribution in [0.5, 0.6) is 5.75 Å². The van der Waals surface area contributed by atoms with E-state index >= 15 is 0 Å². The number of amides is 1. The van der Waals surface area contributed by atoms with Crippen LogP contribution in [-0.2, 0) is 0 Å². The van der Waals surface area contributed by atoms with Gasteiger partial charge in [-0.25, -0.2) is 0 Å². The Balaban J connectivity index is 2.19. The predicted octanol–water partition coefficient (Wildman–Crippen LogP) is 2.74. The molecule has 0 radical (unpaired) electrons. The van der Waals surface area contributed by atoms with E-state index in [2.05, 4.69) is 5.32 Å². The number of carbonyl (C=O) groups is 1. The third kappa shape index (κ3) is 3.44. The number of para-hydroxylation sites is 1. The minimum atomic E-state index is -0.553. The Bertz CT molecular complexity index is 558. The first-order valence-electron chi connectivity index (χ1n) is 6.77. The molecule has 0 saturated heterocycles. The van der Waals surface area contributed by atoms with Gasteiger partial charge in [0, 0.05) is 23.9 Å². The Hall–Kier alpha value is -1.82. The van der Waals surface area contributed by atoms with E-state index < -0.39 is 4.92 Å². The molecule has 1 fully saturated rings. The second kappa shape index (κ2) is 6.30. The van der Waals surface area contributed by atoms with E-state index in [-0.39, 0.29) is 34.9 Å². The van der Waals surface area contributed by atoms with Crippen LogP contribution in [-0.4, -0.2) is 29.9 Å². The number of ether oxygens (including phenoxy) is 1. The summed E-state index contributed by atoms with van der Waals surface area (Å²) in [6.45, 7) is 2.44. The van der Waals surface area contributed by atoms with Gasteiger partial charge in [-0.15, -0.1) is 11.6 Å². The van der Waals surface area contributed by atoms with Gasteiger partial charge in [-0.2, -0.15) is 0 Å². The molecule has 1 aromatic rings. The highest BCUT2D eigenvalue weighted by Gasteiger charge is 2.42. The fraction of sp³-hybridized carbons (Fsp3) is 0.500. The normalized spacial score (nSPS) is 15.3. The van der Waals surface area contributed by atoms with Crippen molar-refractivity contribution >= 4 is 23.2 Å². The molecule has 1 N–H and O–H groups in total. The molecule has 6 nitrogen and oxygen atoms in total. The van der Waals surface area contributed by atoms with Crippen LogP contribution < -0.4 is 10.1 Å². The van der Waals surface area contributed by atoms with Crippen LogP contribution in [0.15, 0.2) is 18.2 Å². The van der Waals surface area contributed by atoms with Crippen molar-refractivity contribution in [2.24, 2.45) is 5.41 Å². The molecule has 1 saturated carbocycles. The van der Waals surface area contributed by atoms with Crippen molar-refractivity contribution in [1.82, 2.24) is 5.32 Å². The summed E-state index contributed by atoms with van der Waals surface area (Å²) in [6, 6.07) is 4.32. The maximum Gasteiger partial charge on any atom is 0.311 e. The van der Waals surface area contributed by atoms with Crippen molar-refractivity contribution in [2.45, 2.75) is 19.8 Å². The van der Waals surface area contributed by atoms with E-state index in [9.17, 15) is 14.9 Å². The third-order valence-corrected chi connectivity index (χ3v) is 4.16. The standard InChI is InChI=1S/C14H17ClN2O4/c1-2-21-12-10(4-3-5-11(12)17(19)20)13(18)16-9-14(8-15)6-7-14/h3-5H,2,6-9H2,1H3,(H,16,18). The number of hydrogen-bond donors (Lipinski definition) is 1. The fourth-order valence-corrected chi connectivity index (χ4v) is 2.40. The molecule has 7 heteroatoms. The minimum absolute atomic E-state index is 0.0102. The summed E-state index contributed by atoms with van der Waals surface area (Å²) in [6.07, 6.45) is 1.98. The van der Waals surface area contributed by atoms with Gasteiger partial charge < -0.3 is 10.1 Å². The Kier molecular flexibility index (Phi) is 4.67. The highest BCUT2D eigenvalue weighted by Crippen LogP contribution is 2.46. The SMILES string of the molecule is CCOc1c(C(=O)NCC2(CCl)CC2)cccc1[N+](=O)[O-]. The molecule has 1 aliphatic carbocycles. The van der Waals surface area contributed by atoms with Crippen molar-refractivity contribution in [3.63, 3.8) is 0 Å². The molecule has 21 heavy (non-hydrogen) atoms. The van der Waals surface area contributed by atoms with E-state index in [1.165, 1.54) is 18.2 Å². The Morgan fingerprint density at radius 1 is 1.52 bits per heavy atom. The lowest BCUT2D eigenvalue weighted by Crippen LogP contribution is -2.31. The maximum absolute atomic E-state index is 12.2. The minimum Gasteiger partial charge on any atom is -0.487 e. The Morgan fingerprint density at radius 2 is 2.24 bits per heavy atom. The number of nitro groups is 1. The first-order chi connectivity index (χ1) is 10.0. The zero-order valence-electron chi connectivity index (χ0n) is 11.7. The molecule has 2 rings (SSSR count). The molecule has 1 aliphatic rings. The summed E-state index contributed by atoms with van der Waals surface area (Å²) in [5.74, 6) is 0.136. The average Bonchev–Trinajstić information content (AvgIpc) is 3.25. The number of alkyl halides is 1. The quantitative estimate of drug-likeness (QED) is 0.477. The summed E-state index contributed by atoms with van der Waals surface area (Å²) in [5.41, 5.74) is -0.0385. The largest absolute Gasteiger partial charge is 0.487 e. The van der Waals surface area contributed by atoms with Crippen LogP contribution >= 0.6 is 11.6 Å². The van der Waals surface area contributed by atoms with Crippen LogP contribution in [0.4, 0.5) is 5.69 Å². The van der Waals surface area contributed by atoms with Gasteiger partial charge in [0.15, 0.2) is 0 Å². The van der Waals surface area contributed by atoms with E-state index in [1.807, 2.05) is 0 Å². The van der Waals surface area contributed by atoms with E-state index in [1.54, 1.807) is 6.92 Å². The summed E-state index contributed by atoms with van der Waals surface area (Å²) < 4.78 is 5.30. The molecule has 0 unspecified atom stereocenters. The smallest absolute Gasteiger partial charge is 0.311 e. The van der Waals surface area contributed by atoms with Gasteiger partial charge in [0.25, 0.3) is 5.91 Å². The molecular weight excluding hydrogens is 296 g/mol. The van der Waals surface area contributed by atoms with E-state index in [0.29, 0.717) is 12.4 Å². The van der Waals surface area contributed by atoms with Gasteiger partial charge >= 0.3 is 5.69 Å². The second-order valence-electron chi connectivity index (χ2n) is 5.16. The second-order valence-corrected chi connectivity index (χ2v) is 5.43. The highest BCUT2D eigenvalue weighted by atomic mass is 35.5. The van der Waals surface area contributed by atoms with Crippen LogP contribution in [0.25, 0.3) is 0 Å². The molecule has 0 aliphatic heterocycles. The molecule has 0 atom stereocenters. The number of halogens is 1. The third-order valence-electron chi connectivity index (χ3n) is 3.59. The zero-order valence-corrected chi connectivity index (χ0v) is 12.5. The number of nitro benzene ring substituents is 1. The molecule has 114 valence electrons. The Morgan fingerprint density at radius 3 is 2.76 bits per heavy atom. The van der Waals surface area contributed by atoms with Gasteiger partial charge in [-0.1, -0.05) is 6.07 Å². The predicted molar refractivity (Wildman–Crippen MR) is 79.0 cm³/mol. The van der Waals surface area contributed by atoms with Gasteiger partial charge in [0.05, 0.1) is 17.1 Å². The summed E-state index contributed by atoms with van der Waals surface area (Å²) in [4.78, 5) is 22.7. The number of benzene rings is 1. The van der Waals surface area contributed by atoms with Crippen molar-refractivity contribution in [1.29, 1.82) is 0 Å². The van der Waals surface area contributed by atoms with E-state index in [4.69, 9.17) is 16.3 Å². The van der Waals surface area contributed by atoms with Gasteiger partial charge in [-0.3, -0.25) is 14.9 Å². The number of nitrogens with one attached hydrogen (secondary N) is 1. The fourth-order valence-electron chi connectivity index (χ4n) is 2.04. The molecule has 0 aromatic heterocycles. The zero-order chi connectivity index (χ0) is 15.5. The topological polar surface area (TPSA) is 81.5 Å². The molecule has 0 spiro atoms. The first-order valence-corrected chi connectivity index (χ1v) is 7.31. The molecule has 1 amide bonds. The highest BCUT2D eigenvalue weighted by molar-refractivity contribution is 6.18. The monoisotopic (exact) mass is 312 g/mol. The lowest BCUT2D eigenvalue weighted by molar-refractivity contribution is -0.385. The maximum atomic E-state index is 12.2. The number of nitrogens with zero attached hydrogens (tertiary/aromatic N) is 1.